The van der Waals surface area contributed by atoms with E-state index in [2.05, 4.69) is 5.32 Å². The Hall–Kier alpha value is -1.58. The van der Waals surface area contributed by atoms with Crippen LogP contribution in [0.1, 0.15) is 13.8 Å². The molecule has 1 N–H and O–H groups in total. The van der Waals surface area contributed by atoms with Crippen molar-refractivity contribution in [2.45, 2.75) is 13.8 Å². The highest BCUT2D eigenvalue weighted by atomic mass is 16.6. The molecular formula is C10H18N2O2. The van der Waals surface area contributed by atoms with Crippen LogP contribution in [0.5, 0.6) is 0 Å². The van der Waals surface area contributed by atoms with Gasteiger partial charge in [0.05, 0.1) is 0 Å². The first-order valence-corrected chi connectivity index (χ1v) is 4.47. The number of benzene rings is 1. The molecule has 0 bridgehead atoms. The Labute approximate surface area is 85.1 Å². The zero-order chi connectivity index (χ0) is 11.4. The monoisotopic (exact) mass is 198 g/mol. The van der Waals surface area contributed by atoms with Crippen molar-refractivity contribution in [3.05, 3.63) is 40.4 Å². The lowest BCUT2D eigenvalue weighted by Gasteiger charge is -1.94. The van der Waals surface area contributed by atoms with Gasteiger partial charge in [0.25, 0.3) is 0 Å². The smallest absolute Gasteiger partial charge is 0.194 e. The van der Waals surface area contributed by atoms with Gasteiger partial charge in [-0.15, -0.1) is 0 Å². The van der Waals surface area contributed by atoms with Crippen LogP contribution < -0.4 is 5.32 Å². The van der Waals surface area contributed by atoms with E-state index in [0.717, 1.165) is 12.7 Å². The summed E-state index contributed by atoms with van der Waals surface area (Å²) in [5.41, 5.74) is 1.16. The molecule has 0 atom stereocenters. The van der Waals surface area contributed by atoms with Crippen molar-refractivity contribution in [3.8, 4) is 0 Å². The van der Waals surface area contributed by atoms with Gasteiger partial charge in [0, 0.05) is 17.7 Å². The lowest BCUT2D eigenvalue weighted by atomic mass is 10.3. The third-order valence-electron chi connectivity index (χ3n) is 1.06. The van der Waals surface area contributed by atoms with E-state index in [9.17, 15) is 0 Å². The number of hydrogen-bond acceptors (Lipinski definition) is 3. The van der Waals surface area contributed by atoms with Gasteiger partial charge in [-0.3, -0.25) is 10.1 Å². The Morgan fingerprint density at radius 2 is 1.57 bits per heavy atom. The first-order valence-electron chi connectivity index (χ1n) is 4.47. The first-order chi connectivity index (χ1) is 6.66. The summed E-state index contributed by atoms with van der Waals surface area (Å²) in [6.45, 7) is 4.00. The molecule has 0 saturated heterocycles. The van der Waals surface area contributed by atoms with Crippen LogP contribution in [0.25, 0.3) is 0 Å². The number of nitrogens with one attached hydrogen (secondary N) is 1. The van der Waals surface area contributed by atoms with E-state index < -0.39 is 4.92 Å². The molecule has 0 aliphatic carbocycles. The summed E-state index contributed by atoms with van der Waals surface area (Å²) in [5, 5.41) is 11.8. The van der Waals surface area contributed by atoms with Gasteiger partial charge in [-0.25, -0.2) is 0 Å². The summed E-state index contributed by atoms with van der Waals surface area (Å²) in [6.07, 6.45) is 0. The van der Waals surface area contributed by atoms with Crippen molar-refractivity contribution in [2.75, 3.05) is 19.4 Å². The van der Waals surface area contributed by atoms with E-state index in [1.165, 1.54) is 0 Å². The van der Waals surface area contributed by atoms with Gasteiger partial charge >= 0.3 is 0 Å². The molecule has 1 aromatic carbocycles. The highest BCUT2D eigenvalue weighted by Crippen LogP contribution is 2.01. The lowest BCUT2D eigenvalue weighted by Crippen LogP contribution is -1.84. The quantitative estimate of drug-likeness (QED) is 0.557. The summed E-state index contributed by atoms with van der Waals surface area (Å²) < 4.78 is 0. The molecule has 4 heteroatoms. The molecule has 0 aliphatic rings. The van der Waals surface area contributed by atoms with Gasteiger partial charge in [0.2, 0.25) is 0 Å². The second-order valence-corrected chi connectivity index (χ2v) is 2.06. The standard InChI is InChI=1S/C7H9N.C2H6.CH3NO2/c1-8-7-5-3-2-4-6-7;1-2;1-2(3)4/h2-6,8H,1H3;1-2H3;1H3. The van der Waals surface area contributed by atoms with Gasteiger partial charge in [-0.2, -0.15) is 0 Å². The van der Waals surface area contributed by atoms with Gasteiger partial charge in [-0.1, -0.05) is 32.0 Å². The number of nitro groups is 1. The average Bonchev–Trinajstić information content (AvgIpc) is 2.21. The predicted octanol–water partition coefficient (Wildman–Crippen LogP) is 2.65. The molecule has 0 fully saturated rings. The minimum absolute atomic E-state index is 0.500. The fourth-order valence-electron chi connectivity index (χ4n) is 0.605. The van der Waals surface area contributed by atoms with Crippen molar-refractivity contribution in [1.82, 2.24) is 0 Å². The Balaban J connectivity index is 0. The zero-order valence-electron chi connectivity index (χ0n) is 9.15. The Morgan fingerprint density at radius 3 is 1.79 bits per heavy atom. The Kier molecular flexibility index (Phi) is 12.2. The van der Waals surface area contributed by atoms with Gasteiger partial charge in [0.1, 0.15) is 0 Å². The van der Waals surface area contributed by atoms with Crippen LogP contribution in [-0.2, 0) is 0 Å². The van der Waals surface area contributed by atoms with Crippen molar-refractivity contribution in [3.63, 3.8) is 0 Å². The molecule has 0 saturated carbocycles. The second kappa shape index (κ2) is 11.4. The fraction of sp³-hybridized carbons (Fsp3) is 0.400. The van der Waals surface area contributed by atoms with Gasteiger partial charge in [-0.05, 0) is 12.1 Å². The molecule has 0 aromatic heterocycles. The van der Waals surface area contributed by atoms with E-state index in [4.69, 9.17) is 10.1 Å². The maximum atomic E-state index is 8.81. The number of rotatable bonds is 1. The lowest BCUT2D eigenvalue weighted by molar-refractivity contribution is -0.445. The van der Waals surface area contributed by atoms with Crippen LogP contribution in [0.15, 0.2) is 30.3 Å². The van der Waals surface area contributed by atoms with Gasteiger partial charge in [0.15, 0.2) is 7.05 Å². The van der Waals surface area contributed by atoms with Crippen LogP contribution in [-0.4, -0.2) is 19.0 Å². The third-order valence-corrected chi connectivity index (χ3v) is 1.06. The van der Waals surface area contributed by atoms with E-state index in [1.54, 1.807) is 0 Å². The summed E-state index contributed by atoms with van der Waals surface area (Å²) in [6, 6.07) is 10.1. The second-order valence-electron chi connectivity index (χ2n) is 2.06. The van der Waals surface area contributed by atoms with Crippen LogP contribution >= 0.6 is 0 Å². The van der Waals surface area contributed by atoms with Crippen LogP contribution in [0.3, 0.4) is 0 Å². The largest absolute Gasteiger partial charge is 0.388 e. The number of anilines is 1. The Morgan fingerprint density at radius 1 is 1.21 bits per heavy atom. The van der Waals surface area contributed by atoms with Crippen LogP contribution in [0.2, 0.25) is 0 Å². The zero-order valence-corrected chi connectivity index (χ0v) is 9.15. The summed E-state index contributed by atoms with van der Waals surface area (Å²) in [5.74, 6) is 0. The molecule has 14 heavy (non-hydrogen) atoms. The SMILES string of the molecule is CC.CNc1ccccc1.C[N+](=O)[O-]. The van der Waals surface area contributed by atoms with E-state index in [-0.39, 0.29) is 0 Å². The summed E-state index contributed by atoms with van der Waals surface area (Å²) in [7, 11) is 2.80. The van der Waals surface area contributed by atoms with E-state index in [1.807, 2.05) is 51.2 Å². The van der Waals surface area contributed by atoms with Crippen molar-refractivity contribution in [2.24, 2.45) is 0 Å². The molecule has 4 nitrogen and oxygen atoms in total. The molecule has 1 rings (SSSR count). The number of para-hydroxylation sites is 1. The molecule has 0 aliphatic heterocycles. The predicted molar refractivity (Wildman–Crippen MR) is 60.3 cm³/mol. The number of nitrogens with zero attached hydrogens (tertiary/aromatic N) is 1. The van der Waals surface area contributed by atoms with Gasteiger partial charge < -0.3 is 5.32 Å². The molecule has 80 valence electrons. The summed E-state index contributed by atoms with van der Waals surface area (Å²) >= 11 is 0. The molecule has 0 spiro atoms. The summed E-state index contributed by atoms with van der Waals surface area (Å²) in [4.78, 5) is 8.31. The number of hydrogen-bond donors (Lipinski definition) is 1. The van der Waals surface area contributed by atoms with Crippen molar-refractivity contribution >= 4 is 5.69 Å². The molecule has 1 aromatic rings. The molecule has 0 amide bonds. The highest BCUT2D eigenvalue weighted by Gasteiger charge is 1.77. The maximum Gasteiger partial charge on any atom is 0.194 e. The fourth-order valence-corrected chi connectivity index (χ4v) is 0.605. The highest BCUT2D eigenvalue weighted by molar-refractivity contribution is 5.41. The minimum Gasteiger partial charge on any atom is -0.388 e. The molecular weight excluding hydrogens is 180 g/mol. The van der Waals surface area contributed by atoms with Crippen molar-refractivity contribution < 1.29 is 4.92 Å². The molecule has 0 heterocycles. The first kappa shape index (κ1) is 14.9. The minimum atomic E-state index is -0.500. The normalized spacial score (nSPS) is 7.14. The third kappa shape index (κ3) is 13.0. The average molecular weight is 198 g/mol. The van der Waals surface area contributed by atoms with Crippen molar-refractivity contribution in [1.29, 1.82) is 0 Å². The molecule has 0 unspecified atom stereocenters. The van der Waals surface area contributed by atoms with E-state index >= 15 is 0 Å². The topological polar surface area (TPSA) is 55.2 Å². The van der Waals surface area contributed by atoms with Crippen LogP contribution in [0.4, 0.5) is 5.69 Å². The maximum absolute atomic E-state index is 8.81. The molecule has 0 radical (unpaired) electrons. The Bertz CT molecular complexity index is 221. The van der Waals surface area contributed by atoms with E-state index in [0.29, 0.717) is 0 Å². The van der Waals surface area contributed by atoms with Crippen LogP contribution in [0, 0.1) is 10.1 Å².